The lowest BCUT2D eigenvalue weighted by molar-refractivity contribution is 0.473. The SMILES string of the molecule is C=C(N=C(C)c1ccccc1)c1ccc(C)cc1O. The van der Waals surface area contributed by atoms with Crippen LogP contribution in [-0.4, -0.2) is 10.8 Å². The van der Waals surface area contributed by atoms with Gasteiger partial charge in [-0.3, -0.25) is 4.99 Å². The fourth-order valence-corrected chi connectivity index (χ4v) is 1.89. The fraction of sp³-hybridized carbons (Fsp3) is 0.118. The summed E-state index contributed by atoms with van der Waals surface area (Å²) in [6.45, 7) is 7.80. The third kappa shape index (κ3) is 3.10. The van der Waals surface area contributed by atoms with Gasteiger partial charge in [0.25, 0.3) is 0 Å². The second kappa shape index (κ2) is 5.53. The largest absolute Gasteiger partial charge is 0.507 e. The quantitative estimate of drug-likeness (QED) is 0.815. The Bertz CT molecular complexity index is 627. The van der Waals surface area contributed by atoms with Crippen LogP contribution in [0.4, 0.5) is 0 Å². The molecule has 2 aromatic rings. The highest BCUT2D eigenvalue weighted by Gasteiger charge is 2.05. The van der Waals surface area contributed by atoms with E-state index in [1.54, 1.807) is 6.07 Å². The second-order valence-electron chi connectivity index (χ2n) is 4.53. The third-order valence-corrected chi connectivity index (χ3v) is 2.96. The lowest BCUT2D eigenvalue weighted by Crippen LogP contribution is -1.94. The lowest BCUT2D eigenvalue weighted by atomic mass is 10.1. The first-order valence-electron chi connectivity index (χ1n) is 6.17. The van der Waals surface area contributed by atoms with E-state index in [2.05, 4.69) is 11.6 Å². The maximum atomic E-state index is 9.92. The van der Waals surface area contributed by atoms with Crippen molar-refractivity contribution in [3.05, 3.63) is 71.8 Å². The zero-order valence-electron chi connectivity index (χ0n) is 11.2. The summed E-state index contributed by atoms with van der Waals surface area (Å²) < 4.78 is 0. The van der Waals surface area contributed by atoms with Gasteiger partial charge in [-0.25, -0.2) is 0 Å². The van der Waals surface area contributed by atoms with Crippen LogP contribution in [0, 0.1) is 6.92 Å². The van der Waals surface area contributed by atoms with Crippen LogP contribution < -0.4 is 0 Å². The number of aryl methyl sites for hydroxylation is 1. The Kier molecular flexibility index (Phi) is 3.81. The normalized spacial score (nSPS) is 11.4. The van der Waals surface area contributed by atoms with Crippen LogP contribution >= 0.6 is 0 Å². The molecular weight excluding hydrogens is 234 g/mol. The predicted molar refractivity (Wildman–Crippen MR) is 80.5 cm³/mol. The summed E-state index contributed by atoms with van der Waals surface area (Å²) in [4.78, 5) is 4.47. The minimum atomic E-state index is 0.217. The van der Waals surface area contributed by atoms with Crippen LogP contribution in [0.5, 0.6) is 5.75 Å². The van der Waals surface area contributed by atoms with E-state index in [4.69, 9.17) is 0 Å². The molecule has 0 aliphatic rings. The van der Waals surface area contributed by atoms with Crippen molar-refractivity contribution in [3.8, 4) is 5.75 Å². The smallest absolute Gasteiger partial charge is 0.125 e. The first kappa shape index (κ1) is 13.1. The molecule has 0 aromatic heterocycles. The molecule has 2 nitrogen and oxygen atoms in total. The molecule has 2 rings (SSSR count). The summed E-state index contributed by atoms with van der Waals surface area (Å²) in [6, 6.07) is 15.4. The highest BCUT2D eigenvalue weighted by atomic mass is 16.3. The molecule has 1 N–H and O–H groups in total. The zero-order chi connectivity index (χ0) is 13.8. The predicted octanol–water partition coefficient (Wildman–Crippen LogP) is 4.18. The van der Waals surface area contributed by atoms with Crippen LogP contribution in [0.25, 0.3) is 5.70 Å². The van der Waals surface area contributed by atoms with Gasteiger partial charge in [-0.05, 0) is 37.1 Å². The Morgan fingerprint density at radius 3 is 2.42 bits per heavy atom. The maximum absolute atomic E-state index is 9.92. The first-order valence-corrected chi connectivity index (χ1v) is 6.17. The number of nitrogens with zero attached hydrogens (tertiary/aromatic N) is 1. The Balaban J connectivity index is 2.30. The van der Waals surface area contributed by atoms with Gasteiger partial charge in [-0.2, -0.15) is 0 Å². The Labute approximate surface area is 113 Å². The second-order valence-corrected chi connectivity index (χ2v) is 4.53. The van der Waals surface area contributed by atoms with Crippen LogP contribution in [0.15, 0.2) is 60.1 Å². The number of benzene rings is 2. The van der Waals surface area contributed by atoms with Crippen molar-refractivity contribution in [2.75, 3.05) is 0 Å². The van der Waals surface area contributed by atoms with Crippen LogP contribution in [-0.2, 0) is 0 Å². The van der Waals surface area contributed by atoms with E-state index in [9.17, 15) is 5.11 Å². The molecular formula is C17H17NO. The Hall–Kier alpha value is -2.35. The average Bonchev–Trinajstić information content (AvgIpc) is 2.39. The van der Waals surface area contributed by atoms with Crippen molar-refractivity contribution in [1.82, 2.24) is 0 Å². The molecule has 0 heterocycles. The highest BCUT2D eigenvalue weighted by molar-refractivity contribution is 6.01. The summed E-state index contributed by atoms with van der Waals surface area (Å²) in [5.74, 6) is 0.217. The Morgan fingerprint density at radius 1 is 1.11 bits per heavy atom. The molecule has 0 bridgehead atoms. The van der Waals surface area contributed by atoms with E-state index < -0.39 is 0 Å². The van der Waals surface area contributed by atoms with Crippen molar-refractivity contribution in [1.29, 1.82) is 0 Å². The van der Waals surface area contributed by atoms with Gasteiger partial charge >= 0.3 is 0 Å². The van der Waals surface area contributed by atoms with Crippen molar-refractivity contribution < 1.29 is 5.11 Å². The molecule has 0 saturated heterocycles. The van der Waals surface area contributed by atoms with Gasteiger partial charge in [0.2, 0.25) is 0 Å². The molecule has 2 heteroatoms. The van der Waals surface area contributed by atoms with Gasteiger partial charge < -0.3 is 5.11 Å². The molecule has 0 fully saturated rings. The van der Waals surface area contributed by atoms with E-state index in [-0.39, 0.29) is 5.75 Å². The van der Waals surface area contributed by atoms with E-state index in [1.807, 2.05) is 56.3 Å². The first-order chi connectivity index (χ1) is 9.08. The van der Waals surface area contributed by atoms with Crippen molar-refractivity contribution in [2.45, 2.75) is 13.8 Å². The molecule has 0 aliphatic heterocycles. The molecule has 0 spiro atoms. The monoisotopic (exact) mass is 251 g/mol. The summed E-state index contributed by atoms with van der Waals surface area (Å²) in [5.41, 5.74) is 4.18. The Morgan fingerprint density at radius 2 is 1.79 bits per heavy atom. The molecule has 0 atom stereocenters. The third-order valence-electron chi connectivity index (χ3n) is 2.96. The van der Waals surface area contributed by atoms with Crippen molar-refractivity contribution >= 4 is 11.4 Å². The standard InChI is InChI=1S/C17H17NO/c1-12-9-10-16(17(19)11-12)14(3)18-13(2)15-7-5-4-6-8-15/h4-11,19H,3H2,1-2H3. The topological polar surface area (TPSA) is 32.6 Å². The maximum Gasteiger partial charge on any atom is 0.125 e. The summed E-state index contributed by atoms with van der Waals surface area (Å²) in [5, 5.41) is 9.92. The van der Waals surface area contributed by atoms with Gasteiger partial charge in [0, 0.05) is 11.3 Å². The minimum Gasteiger partial charge on any atom is -0.507 e. The summed E-state index contributed by atoms with van der Waals surface area (Å²) in [6.07, 6.45) is 0. The number of phenols is 1. The molecule has 2 aromatic carbocycles. The molecule has 0 radical (unpaired) electrons. The molecule has 96 valence electrons. The van der Waals surface area contributed by atoms with Gasteiger partial charge in [-0.1, -0.05) is 43.0 Å². The zero-order valence-corrected chi connectivity index (χ0v) is 11.2. The number of phenolic OH excluding ortho intramolecular Hbond substituents is 1. The molecule has 0 aliphatic carbocycles. The van der Waals surface area contributed by atoms with Gasteiger partial charge in [-0.15, -0.1) is 0 Å². The van der Waals surface area contributed by atoms with Crippen LogP contribution in [0.2, 0.25) is 0 Å². The van der Waals surface area contributed by atoms with E-state index in [1.165, 1.54) is 0 Å². The van der Waals surface area contributed by atoms with Crippen molar-refractivity contribution in [3.63, 3.8) is 0 Å². The van der Waals surface area contributed by atoms with E-state index >= 15 is 0 Å². The number of hydrogen-bond acceptors (Lipinski definition) is 2. The molecule has 0 unspecified atom stereocenters. The number of aromatic hydroxyl groups is 1. The van der Waals surface area contributed by atoms with E-state index in [0.29, 0.717) is 11.3 Å². The lowest BCUT2D eigenvalue weighted by Gasteiger charge is -2.07. The molecule has 0 amide bonds. The fourth-order valence-electron chi connectivity index (χ4n) is 1.89. The van der Waals surface area contributed by atoms with Crippen LogP contribution in [0.1, 0.15) is 23.6 Å². The van der Waals surface area contributed by atoms with Gasteiger partial charge in [0.15, 0.2) is 0 Å². The van der Waals surface area contributed by atoms with Crippen molar-refractivity contribution in [2.24, 2.45) is 4.99 Å². The number of rotatable bonds is 3. The summed E-state index contributed by atoms with van der Waals surface area (Å²) >= 11 is 0. The number of aliphatic imine (C=N–C) groups is 1. The van der Waals surface area contributed by atoms with E-state index in [0.717, 1.165) is 16.8 Å². The molecule has 19 heavy (non-hydrogen) atoms. The minimum absolute atomic E-state index is 0.217. The summed E-state index contributed by atoms with van der Waals surface area (Å²) in [7, 11) is 0. The molecule has 0 saturated carbocycles. The average molecular weight is 251 g/mol. The van der Waals surface area contributed by atoms with Crippen LogP contribution in [0.3, 0.4) is 0 Å². The number of hydrogen-bond donors (Lipinski definition) is 1. The van der Waals surface area contributed by atoms with Gasteiger partial charge in [0.1, 0.15) is 5.75 Å². The highest BCUT2D eigenvalue weighted by Crippen LogP contribution is 2.26. The van der Waals surface area contributed by atoms with Gasteiger partial charge in [0.05, 0.1) is 5.70 Å².